The third kappa shape index (κ3) is 1.97. The van der Waals surface area contributed by atoms with E-state index in [0.717, 1.165) is 49.3 Å². The van der Waals surface area contributed by atoms with E-state index in [-0.39, 0.29) is 11.5 Å². The molecule has 0 amide bonds. The van der Waals surface area contributed by atoms with Crippen molar-refractivity contribution in [2.24, 2.45) is 34.5 Å². The molecule has 4 aliphatic rings. The van der Waals surface area contributed by atoms with Crippen LogP contribution in [0.4, 0.5) is 0 Å². The first-order chi connectivity index (χ1) is 10.5. The zero-order chi connectivity index (χ0) is 15.5. The summed E-state index contributed by atoms with van der Waals surface area (Å²) in [5.41, 5.74) is 0.394. The minimum absolute atomic E-state index is 0.0292. The van der Waals surface area contributed by atoms with Crippen LogP contribution in [0.1, 0.15) is 64.7 Å². The Balaban J connectivity index is 1.64. The van der Waals surface area contributed by atoms with Gasteiger partial charge in [0.1, 0.15) is 5.78 Å². The fraction of sp³-hybridized carbons (Fsp3) is 0.947. The summed E-state index contributed by atoms with van der Waals surface area (Å²) in [6.45, 7) is 2.51. The fourth-order valence-electron chi connectivity index (χ4n) is 7.06. The summed E-state index contributed by atoms with van der Waals surface area (Å²) < 4.78 is 0. The van der Waals surface area contributed by atoms with Gasteiger partial charge in [-0.25, -0.2) is 0 Å². The van der Waals surface area contributed by atoms with Crippen LogP contribution in [0.5, 0.6) is 0 Å². The SMILES string of the molecule is C[C@]12CC[C@H](O)C[C@@H]1CC[C@H]1[C@@H]3CCC(=O)[C@@]3(CBr)CC[C@@H]12. The van der Waals surface area contributed by atoms with Gasteiger partial charge < -0.3 is 5.11 Å². The van der Waals surface area contributed by atoms with E-state index in [1.165, 1.54) is 25.7 Å². The van der Waals surface area contributed by atoms with E-state index in [1.54, 1.807) is 0 Å². The second-order valence-electron chi connectivity index (χ2n) is 8.88. The molecule has 0 aliphatic heterocycles. The number of fused-ring (bicyclic) bond motifs is 5. The van der Waals surface area contributed by atoms with Gasteiger partial charge in [0.05, 0.1) is 6.10 Å². The highest BCUT2D eigenvalue weighted by Crippen LogP contribution is 2.65. The predicted molar refractivity (Wildman–Crippen MR) is 90.9 cm³/mol. The molecule has 0 aromatic rings. The van der Waals surface area contributed by atoms with Crippen molar-refractivity contribution < 1.29 is 9.90 Å². The maximum atomic E-state index is 12.6. The van der Waals surface area contributed by atoms with Gasteiger partial charge in [-0.3, -0.25) is 4.79 Å². The summed E-state index contributed by atoms with van der Waals surface area (Å²) in [4.78, 5) is 12.6. The molecule has 0 aromatic heterocycles. The van der Waals surface area contributed by atoms with Crippen LogP contribution < -0.4 is 0 Å². The zero-order valence-corrected chi connectivity index (χ0v) is 15.3. The molecule has 4 aliphatic carbocycles. The summed E-state index contributed by atoms with van der Waals surface area (Å²) in [6.07, 6.45) is 10.0. The molecule has 0 heterocycles. The van der Waals surface area contributed by atoms with Crippen LogP contribution in [-0.4, -0.2) is 22.3 Å². The summed E-state index contributed by atoms with van der Waals surface area (Å²) in [5.74, 6) is 3.43. The Morgan fingerprint density at radius 2 is 1.95 bits per heavy atom. The number of carbonyl (C=O) groups excluding carboxylic acids is 1. The van der Waals surface area contributed by atoms with Gasteiger partial charge >= 0.3 is 0 Å². The number of hydrogen-bond acceptors (Lipinski definition) is 2. The minimum atomic E-state index is -0.0621. The molecule has 1 N–H and O–H groups in total. The van der Waals surface area contributed by atoms with Crippen molar-refractivity contribution in [1.82, 2.24) is 0 Å². The highest BCUT2D eigenvalue weighted by atomic mass is 79.9. The van der Waals surface area contributed by atoms with E-state index < -0.39 is 0 Å². The highest BCUT2D eigenvalue weighted by molar-refractivity contribution is 9.09. The lowest BCUT2D eigenvalue weighted by atomic mass is 9.45. The number of halogens is 1. The van der Waals surface area contributed by atoms with Crippen molar-refractivity contribution in [2.75, 3.05) is 5.33 Å². The van der Waals surface area contributed by atoms with Gasteiger partial charge in [-0.1, -0.05) is 22.9 Å². The first-order valence-electron chi connectivity index (χ1n) is 9.28. The molecular formula is C19H29BrO2. The Morgan fingerprint density at radius 1 is 1.14 bits per heavy atom. The molecule has 124 valence electrons. The van der Waals surface area contributed by atoms with Gasteiger partial charge in [-0.15, -0.1) is 0 Å². The number of aliphatic hydroxyl groups is 1. The van der Waals surface area contributed by atoms with Gasteiger partial charge in [0.15, 0.2) is 0 Å². The van der Waals surface area contributed by atoms with Gasteiger partial charge in [0, 0.05) is 17.2 Å². The van der Waals surface area contributed by atoms with Crippen molar-refractivity contribution in [2.45, 2.75) is 70.8 Å². The first-order valence-corrected chi connectivity index (χ1v) is 10.4. The number of ketones is 1. The lowest BCUT2D eigenvalue weighted by Crippen LogP contribution is -2.55. The smallest absolute Gasteiger partial charge is 0.140 e. The number of aliphatic hydroxyl groups excluding tert-OH is 1. The normalized spacial score (nSPS) is 54.5. The summed E-state index contributed by atoms with van der Waals surface area (Å²) in [5, 5.41) is 11.0. The summed E-state index contributed by atoms with van der Waals surface area (Å²) in [6, 6.07) is 0. The van der Waals surface area contributed by atoms with Crippen molar-refractivity contribution in [1.29, 1.82) is 0 Å². The van der Waals surface area contributed by atoms with Gasteiger partial charge in [0.2, 0.25) is 0 Å². The largest absolute Gasteiger partial charge is 0.393 e. The average Bonchev–Trinajstić information content (AvgIpc) is 2.86. The maximum absolute atomic E-state index is 12.6. The Kier molecular flexibility index (Phi) is 3.77. The molecule has 0 unspecified atom stereocenters. The number of rotatable bonds is 1. The molecule has 0 radical (unpaired) electrons. The van der Waals surface area contributed by atoms with Crippen LogP contribution >= 0.6 is 15.9 Å². The van der Waals surface area contributed by atoms with Gasteiger partial charge in [0.25, 0.3) is 0 Å². The molecule has 4 rings (SSSR count). The third-order valence-electron chi connectivity index (χ3n) is 8.32. The Bertz CT molecular complexity index is 478. The van der Waals surface area contributed by atoms with Crippen LogP contribution in [-0.2, 0) is 4.79 Å². The standard InChI is InChI=1S/C19H29BrO2/c1-18-8-6-13(21)10-12(18)2-3-14-15(18)7-9-19(11-20)16(14)4-5-17(19)22/h12-16,21H,2-11H2,1H3/t12-,13-,14+,15-,16-,18-,19+/m0/s1. The quantitative estimate of drug-likeness (QED) is 0.699. The van der Waals surface area contributed by atoms with E-state index in [4.69, 9.17) is 0 Å². The molecule has 2 nitrogen and oxygen atoms in total. The Hall–Kier alpha value is 0.110. The van der Waals surface area contributed by atoms with Crippen LogP contribution in [0.25, 0.3) is 0 Å². The molecular weight excluding hydrogens is 340 g/mol. The topological polar surface area (TPSA) is 37.3 Å². The second-order valence-corrected chi connectivity index (χ2v) is 9.44. The molecule has 0 saturated heterocycles. The maximum Gasteiger partial charge on any atom is 0.140 e. The summed E-state index contributed by atoms with van der Waals surface area (Å²) >= 11 is 3.70. The number of hydrogen-bond donors (Lipinski definition) is 1. The van der Waals surface area contributed by atoms with Crippen LogP contribution in [0.15, 0.2) is 0 Å². The van der Waals surface area contributed by atoms with E-state index in [1.807, 2.05) is 0 Å². The lowest BCUT2D eigenvalue weighted by Gasteiger charge is -2.60. The molecule has 4 saturated carbocycles. The first kappa shape index (κ1) is 15.6. The number of alkyl halides is 1. The van der Waals surface area contributed by atoms with E-state index in [9.17, 15) is 9.90 Å². The van der Waals surface area contributed by atoms with Crippen molar-refractivity contribution in [3.8, 4) is 0 Å². The second kappa shape index (κ2) is 5.31. The Labute approximate surface area is 142 Å². The monoisotopic (exact) mass is 368 g/mol. The Morgan fingerprint density at radius 3 is 2.73 bits per heavy atom. The van der Waals surface area contributed by atoms with Gasteiger partial charge in [-0.05, 0) is 80.5 Å². The summed E-state index contributed by atoms with van der Waals surface area (Å²) in [7, 11) is 0. The number of Topliss-reactive ketones (excluding diaryl/α,β-unsaturated/α-hetero) is 1. The molecule has 3 heteroatoms. The van der Waals surface area contributed by atoms with Gasteiger partial charge in [-0.2, -0.15) is 0 Å². The van der Waals surface area contributed by atoms with Crippen LogP contribution in [0.2, 0.25) is 0 Å². The van der Waals surface area contributed by atoms with Crippen LogP contribution in [0.3, 0.4) is 0 Å². The van der Waals surface area contributed by atoms with E-state index >= 15 is 0 Å². The fourth-order valence-corrected chi connectivity index (χ4v) is 8.07. The molecule has 0 bridgehead atoms. The molecule has 4 fully saturated rings. The lowest BCUT2D eigenvalue weighted by molar-refractivity contribution is -0.141. The minimum Gasteiger partial charge on any atom is -0.393 e. The zero-order valence-electron chi connectivity index (χ0n) is 13.7. The molecule has 22 heavy (non-hydrogen) atoms. The van der Waals surface area contributed by atoms with Crippen molar-refractivity contribution >= 4 is 21.7 Å². The molecule has 0 spiro atoms. The molecule has 0 aromatic carbocycles. The third-order valence-corrected chi connectivity index (χ3v) is 9.32. The highest BCUT2D eigenvalue weighted by Gasteiger charge is 2.61. The molecule has 7 atom stereocenters. The van der Waals surface area contributed by atoms with Crippen LogP contribution in [0, 0.1) is 34.5 Å². The average molecular weight is 369 g/mol. The van der Waals surface area contributed by atoms with E-state index in [2.05, 4.69) is 22.9 Å². The number of carbonyl (C=O) groups is 1. The van der Waals surface area contributed by atoms with Crippen molar-refractivity contribution in [3.63, 3.8) is 0 Å². The predicted octanol–water partition coefficient (Wildman–Crippen LogP) is 4.33. The van der Waals surface area contributed by atoms with E-state index in [0.29, 0.717) is 23.0 Å². The van der Waals surface area contributed by atoms with Crippen molar-refractivity contribution in [3.05, 3.63) is 0 Å².